The topological polar surface area (TPSA) is 40.6 Å². The van der Waals surface area contributed by atoms with Crippen LogP contribution in [0.5, 0.6) is 0 Å². The lowest BCUT2D eigenvalue weighted by Crippen LogP contribution is -2.45. The summed E-state index contributed by atoms with van der Waals surface area (Å²) in [5, 5.41) is 0. The van der Waals surface area contributed by atoms with Crippen LogP contribution in [-0.4, -0.2) is 45.2 Å². The minimum atomic E-state index is -3.08. The molecule has 1 saturated heterocycles. The summed E-state index contributed by atoms with van der Waals surface area (Å²) in [6.45, 7) is 3.91. The molecule has 1 aliphatic heterocycles. The number of benzene rings is 1. The first-order valence-corrected chi connectivity index (χ1v) is 8.47. The summed E-state index contributed by atoms with van der Waals surface area (Å²) in [4.78, 5) is 2.33. The number of aryl methyl sites for hydroxylation is 1. The molecule has 1 aliphatic rings. The van der Waals surface area contributed by atoms with E-state index in [-0.39, 0.29) is 6.04 Å². The van der Waals surface area contributed by atoms with Gasteiger partial charge in [0, 0.05) is 31.9 Å². The predicted octanol–water partition coefficient (Wildman–Crippen LogP) is 1.86. The Balaban J connectivity index is 2.00. The standard InChI is InChI=1S/C14H22N2O2S/c1-12-5-4-6-14(11-12)16-9-7-13(8-10-16)15(2)19(3,17)18/h4-6,11,13H,7-10H2,1-3H3. The molecule has 0 spiro atoms. The quantitative estimate of drug-likeness (QED) is 0.849. The summed E-state index contributed by atoms with van der Waals surface area (Å²) in [5.41, 5.74) is 2.49. The van der Waals surface area contributed by atoms with Gasteiger partial charge in [-0.25, -0.2) is 12.7 Å². The predicted molar refractivity (Wildman–Crippen MR) is 79.0 cm³/mol. The summed E-state index contributed by atoms with van der Waals surface area (Å²) in [6.07, 6.45) is 3.05. The van der Waals surface area contributed by atoms with E-state index < -0.39 is 10.0 Å². The van der Waals surface area contributed by atoms with Gasteiger partial charge in [-0.15, -0.1) is 0 Å². The highest BCUT2D eigenvalue weighted by atomic mass is 32.2. The van der Waals surface area contributed by atoms with Gasteiger partial charge < -0.3 is 4.90 Å². The summed E-state index contributed by atoms with van der Waals surface area (Å²) in [5.74, 6) is 0. The molecule has 0 saturated carbocycles. The first-order valence-electron chi connectivity index (χ1n) is 6.62. The van der Waals surface area contributed by atoms with Gasteiger partial charge in [0.15, 0.2) is 0 Å². The van der Waals surface area contributed by atoms with Gasteiger partial charge >= 0.3 is 0 Å². The Kier molecular flexibility index (Phi) is 4.16. The van der Waals surface area contributed by atoms with E-state index >= 15 is 0 Å². The number of nitrogens with zero attached hydrogens (tertiary/aromatic N) is 2. The molecule has 0 unspecified atom stereocenters. The second-order valence-electron chi connectivity index (χ2n) is 5.34. The molecule has 19 heavy (non-hydrogen) atoms. The molecular formula is C14H22N2O2S. The number of sulfonamides is 1. The van der Waals surface area contributed by atoms with E-state index in [1.165, 1.54) is 21.8 Å². The summed E-state index contributed by atoms with van der Waals surface area (Å²) >= 11 is 0. The maximum Gasteiger partial charge on any atom is 0.211 e. The van der Waals surface area contributed by atoms with E-state index in [0.717, 1.165) is 25.9 Å². The molecule has 0 radical (unpaired) electrons. The highest BCUT2D eigenvalue weighted by Gasteiger charge is 2.27. The van der Waals surface area contributed by atoms with E-state index in [1.54, 1.807) is 7.05 Å². The number of hydrogen-bond donors (Lipinski definition) is 0. The van der Waals surface area contributed by atoms with Crippen molar-refractivity contribution in [2.45, 2.75) is 25.8 Å². The molecule has 4 nitrogen and oxygen atoms in total. The van der Waals surface area contributed by atoms with Gasteiger partial charge in [-0.2, -0.15) is 0 Å². The van der Waals surface area contributed by atoms with Crippen LogP contribution in [0.4, 0.5) is 5.69 Å². The van der Waals surface area contributed by atoms with Crippen molar-refractivity contribution in [3.63, 3.8) is 0 Å². The third-order valence-corrected chi connectivity index (χ3v) is 5.21. The van der Waals surface area contributed by atoms with Crippen LogP contribution in [0.3, 0.4) is 0 Å². The maximum absolute atomic E-state index is 11.5. The largest absolute Gasteiger partial charge is 0.371 e. The highest BCUT2D eigenvalue weighted by Crippen LogP contribution is 2.23. The van der Waals surface area contributed by atoms with Crippen molar-refractivity contribution in [1.82, 2.24) is 4.31 Å². The number of hydrogen-bond acceptors (Lipinski definition) is 3. The molecule has 0 aromatic heterocycles. The molecule has 5 heteroatoms. The molecule has 106 valence electrons. The SMILES string of the molecule is Cc1cccc(N2CCC(N(C)S(C)(=O)=O)CC2)c1. The molecule has 0 bridgehead atoms. The fourth-order valence-electron chi connectivity index (χ4n) is 2.58. The normalized spacial score (nSPS) is 18.0. The minimum Gasteiger partial charge on any atom is -0.371 e. The Morgan fingerprint density at radius 2 is 1.89 bits per heavy atom. The van der Waals surface area contributed by atoms with E-state index in [2.05, 4.69) is 36.1 Å². The zero-order valence-electron chi connectivity index (χ0n) is 11.8. The second-order valence-corrected chi connectivity index (χ2v) is 7.38. The van der Waals surface area contributed by atoms with Crippen molar-refractivity contribution < 1.29 is 8.42 Å². The smallest absolute Gasteiger partial charge is 0.211 e. The number of piperidine rings is 1. The average Bonchev–Trinajstić information content (AvgIpc) is 2.37. The molecule has 2 rings (SSSR count). The Morgan fingerprint density at radius 3 is 2.42 bits per heavy atom. The average molecular weight is 282 g/mol. The molecular weight excluding hydrogens is 260 g/mol. The lowest BCUT2D eigenvalue weighted by atomic mass is 10.0. The van der Waals surface area contributed by atoms with Crippen molar-refractivity contribution in [3.8, 4) is 0 Å². The van der Waals surface area contributed by atoms with Crippen molar-refractivity contribution in [2.24, 2.45) is 0 Å². The van der Waals surface area contributed by atoms with Gasteiger partial charge in [-0.3, -0.25) is 0 Å². The third-order valence-electron chi connectivity index (χ3n) is 3.87. The van der Waals surface area contributed by atoms with E-state index in [0.29, 0.717) is 0 Å². The third kappa shape index (κ3) is 3.48. The van der Waals surface area contributed by atoms with Crippen LogP contribution < -0.4 is 4.90 Å². The van der Waals surface area contributed by atoms with Gasteiger partial charge in [0.05, 0.1) is 6.26 Å². The van der Waals surface area contributed by atoms with Gasteiger partial charge in [0.1, 0.15) is 0 Å². The van der Waals surface area contributed by atoms with Gasteiger partial charge in [0.2, 0.25) is 10.0 Å². The van der Waals surface area contributed by atoms with Crippen molar-refractivity contribution in [2.75, 3.05) is 31.3 Å². The Morgan fingerprint density at radius 1 is 1.26 bits per heavy atom. The van der Waals surface area contributed by atoms with Crippen LogP contribution in [-0.2, 0) is 10.0 Å². The van der Waals surface area contributed by atoms with Crippen molar-refractivity contribution in [3.05, 3.63) is 29.8 Å². The highest BCUT2D eigenvalue weighted by molar-refractivity contribution is 7.88. The zero-order chi connectivity index (χ0) is 14.0. The molecule has 1 aromatic rings. The molecule has 0 atom stereocenters. The van der Waals surface area contributed by atoms with Crippen molar-refractivity contribution >= 4 is 15.7 Å². The van der Waals surface area contributed by atoms with Crippen LogP contribution in [0.1, 0.15) is 18.4 Å². The van der Waals surface area contributed by atoms with Crippen LogP contribution >= 0.6 is 0 Å². The molecule has 1 heterocycles. The lowest BCUT2D eigenvalue weighted by molar-refractivity contribution is 0.314. The molecule has 0 aliphatic carbocycles. The molecule has 0 N–H and O–H groups in total. The van der Waals surface area contributed by atoms with E-state index in [4.69, 9.17) is 0 Å². The summed E-state index contributed by atoms with van der Waals surface area (Å²) in [6, 6.07) is 8.59. The van der Waals surface area contributed by atoms with Crippen molar-refractivity contribution in [1.29, 1.82) is 0 Å². The van der Waals surface area contributed by atoms with Crippen LogP contribution in [0.2, 0.25) is 0 Å². The second kappa shape index (κ2) is 5.51. The monoisotopic (exact) mass is 282 g/mol. The summed E-state index contributed by atoms with van der Waals surface area (Å²) < 4.78 is 24.6. The fraction of sp³-hybridized carbons (Fsp3) is 0.571. The fourth-order valence-corrected chi connectivity index (χ4v) is 3.34. The molecule has 0 amide bonds. The number of rotatable bonds is 3. The van der Waals surface area contributed by atoms with Crippen LogP contribution in [0, 0.1) is 6.92 Å². The van der Waals surface area contributed by atoms with Gasteiger partial charge in [-0.1, -0.05) is 12.1 Å². The minimum absolute atomic E-state index is 0.135. The zero-order valence-corrected chi connectivity index (χ0v) is 12.7. The van der Waals surface area contributed by atoms with Crippen LogP contribution in [0.25, 0.3) is 0 Å². The Hall–Kier alpha value is -1.07. The van der Waals surface area contributed by atoms with Crippen LogP contribution in [0.15, 0.2) is 24.3 Å². The maximum atomic E-state index is 11.5. The molecule has 1 aromatic carbocycles. The first kappa shape index (κ1) is 14.3. The Labute approximate surface area is 116 Å². The van der Waals surface area contributed by atoms with Gasteiger partial charge in [0.25, 0.3) is 0 Å². The number of anilines is 1. The summed E-state index contributed by atoms with van der Waals surface area (Å²) in [7, 11) is -1.39. The molecule has 1 fully saturated rings. The van der Waals surface area contributed by atoms with Gasteiger partial charge in [-0.05, 0) is 37.5 Å². The Bertz CT molecular complexity index is 534. The first-order chi connectivity index (χ1) is 8.88. The lowest BCUT2D eigenvalue weighted by Gasteiger charge is -2.37. The van der Waals surface area contributed by atoms with E-state index in [9.17, 15) is 8.42 Å². The van der Waals surface area contributed by atoms with E-state index in [1.807, 2.05) is 0 Å².